The summed E-state index contributed by atoms with van der Waals surface area (Å²) in [6.45, 7) is 1.87. The zero-order valence-corrected chi connectivity index (χ0v) is 9.27. The number of halogens is 1. The molecule has 0 radical (unpaired) electrons. The number of hydrogen-bond acceptors (Lipinski definition) is 2. The predicted octanol–water partition coefficient (Wildman–Crippen LogP) is 2.78. The van der Waals surface area contributed by atoms with E-state index in [2.05, 4.69) is 10.3 Å². The molecule has 0 aliphatic carbocycles. The van der Waals surface area contributed by atoms with Crippen molar-refractivity contribution in [3.05, 3.63) is 59.7 Å². The highest BCUT2D eigenvalue weighted by Crippen LogP contribution is 2.14. The lowest BCUT2D eigenvalue weighted by molar-refractivity contribution is 0.101. The number of rotatable bonds is 2. The maximum atomic E-state index is 13.3. The summed E-state index contributed by atoms with van der Waals surface area (Å²) < 4.78 is 13.3. The number of para-hydroxylation sites is 1. The minimum atomic E-state index is -0.626. The molecule has 17 heavy (non-hydrogen) atoms. The van der Waals surface area contributed by atoms with Gasteiger partial charge in [0, 0.05) is 11.9 Å². The Balaban J connectivity index is 2.24. The van der Waals surface area contributed by atoms with E-state index in [9.17, 15) is 9.18 Å². The van der Waals surface area contributed by atoms with E-state index in [4.69, 9.17) is 0 Å². The molecule has 1 aromatic heterocycles. The summed E-state index contributed by atoms with van der Waals surface area (Å²) in [5, 5.41) is 2.63. The minimum absolute atomic E-state index is 0.198. The number of amides is 1. The van der Waals surface area contributed by atoms with Crippen LogP contribution < -0.4 is 5.32 Å². The lowest BCUT2D eigenvalue weighted by Crippen LogP contribution is -2.16. The molecule has 0 unspecified atom stereocenters. The van der Waals surface area contributed by atoms with Gasteiger partial charge in [0.05, 0.1) is 0 Å². The van der Waals surface area contributed by atoms with Gasteiger partial charge >= 0.3 is 0 Å². The molecule has 0 fully saturated rings. The number of aryl methyl sites for hydroxylation is 1. The molecule has 0 aliphatic heterocycles. The summed E-state index contributed by atoms with van der Waals surface area (Å²) in [6, 6.07) is 9.95. The first kappa shape index (κ1) is 11.3. The molecule has 1 amide bonds. The molecule has 2 aromatic rings. The van der Waals surface area contributed by atoms with E-state index >= 15 is 0 Å². The van der Waals surface area contributed by atoms with Crippen LogP contribution in [-0.4, -0.2) is 10.9 Å². The molecule has 0 saturated carbocycles. The second kappa shape index (κ2) is 4.74. The van der Waals surface area contributed by atoms with E-state index in [0.29, 0.717) is 5.69 Å². The van der Waals surface area contributed by atoms with E-state index in [0.717, 1.165) is 5.56 Å². The molecule has 0 atom stereocenters. The Labute approximate surface area is 98.3 Å². The zero-order valence-electron chi connectivity index (χ0n) is 9.27. The molecule has 0 aliphatic rings. The van der Waals surface area contributed by atoms with Gasteiger partial charge in [0.25, 0.3) is 5.91 Å². The summed E-state index contributed by atoms with van der Waals surface area (Å²) in [5.41, 5.74) is 1.37. The molecule has 3 nitrogen and oxygen atoms in total. The van der Waals surface area contributed by atoms with Gasteiger partial charge in [0.1, 0.15) is 0 Å². The van der Waals surface area contributed by atoms with Crippen LogP contribution in [0.5, 0.6) is 0 Å². The van der Waals surface area contributed by atoms with E-state index in [1.165, 1.54) is 18.3 Å². The van der Waals surface area contributed by atoms with Crippen molar-refractivity contribution in [2.45, 2.75) is 6.92 Å². The molecular weight excluding hydrogens is 219 g/mol. The largest absolute Gasteiger partial charge is 0.320 e. The van der Waals surface area contributed by atoms with Crippen LogP contribution in [0.2, 0.25) is 0 Å². The Morgan fingerprint density at radius 1 is 1.24 bits per heavy atom. The zero-order chi connectivity index (χ0) is 12.3. The molecule has 1 N–H and O–H groups in total. The van der Waals surface area contributed by atoms with E-state index in [1.807, 2.05) is 19.1 Å². The van der Waals surface area contributed by atoms with Crippen molar-refractivity contribution in [3.8, 4) is 0 Å². The van der Waals surface area contributed by atoms with Crippen molar-refractivity contribution in [1.82, 2.24) is 4.98 Å². The molecule has 1 heterocycles. The van der Waals surface area contributed by atoms with Gasteiger partial charge in [0.15, 0.2) is 11.5 Å². The number of aromatic nitrogens is 1. The van der Waals surface area contributed by atoms with Crippen LogP contribution in [-0.2, 0) is 0 Å². The highest BCUT2D eigenvalue weighted by molar-refractivity contribution is 6.03. The Kier molecular flexibility index (Phi) is 3.14. The van der Waals surface area contributed by atoms with Crippen molar-refractivity contribution in [2.24, 2.45) is 0 Å². The second-order valence-electron chi connectivity index (χ2n) is 3.60. The third kappa shape index (κ3) is 2.47. The number of anilines is 1. The SMILES string of the molecule is Cc1ccccc1NC(=O)c1ncccc1F. The Bertz CT molecular complexity index is 555. The van der Waals surface area contributed by atoms with Gasteiger partial charge in [-0.2, -0.15) is 0 Å². The summed E-state index contributed by atoms with van der Waals surface area (Å²) >= 11 is 0. The molecular formula is C13H11FN2O. The van der Waals surface area contributed by atoms with Crippen LogP contribution in [0.15, 0.2) is 42.6 Å². The van der Waals surface area contributed by atoms with Crippen LogP contribution in [0.4, 0.5) is 10.1 Å². The van der Waals surface area contributed by atoms with Gasteiger partial charge in [-0.1, -0.05) is 18.2 Å². The minimum Gasteiger partial charge on any atom is -0.320 e. The van der Waals surface area contributed by atoms with E-state index in [-0.39, 0.29) is 5.69 Å². The Hall–Kier alpha value is -2.23. The lowest BCUT2D eigenvalue weighted by atomic mass is 10.2. The normalized spacial score (nSPS) is 10.0. The van der Waals surface area contributed by atoms with Crippen LogP contribution in [0.3, 0.4) is 0 Å². The van der Waals surface area contributed by atoms with Gasteiger partial charge in [-0.25, -0.2) is 9.37 Å². The maximum absolute atomic E-state index is 13.3. The summed E-state index contributed by atoms with van der Waals surface area (Å²) in [4.78, 5) is 15.5. The molecule has 2 rings (SSSR count). The molecule has 4 heteroatoms. The molecule has 86 valence electrons. The van der Waals surface area contributed by atoms with Gasteiger partial charge < -0.3 is 5.32 Å². The fourth-order valence-corrected chi connectivity index (χ4v) is 1.45. The molecule has 0 saturated heterocycles. The summed E-state index contributed by atoms with van der Waals surface area (Å²) in [6.07, 6.45) is 1.38. The Morgan fingerprint density at radius 2 is 2.00 bits per heavy atom. The van der Waals surface area contributed by atoms with Crippen molar-refractivity contribution >= 4 is 11.6 Å². The average Bonchev–Trinajstić information content (AvgIpc) is 2.32. The van der Waals surface area contributed by atoms with E-state index < -0.39 is 11.7 Å². The van der Waals surface area contributed by atoms with Gasteiger partial charge in [-0.3, -0.25) is 4.79 Å². The van der Waals surface area contributed by atoms with Crippen molar-refractivity contribution < 1.29 is 9.18 Å². The number of pyridine rings is 1. The predicted molar refractivity (Wildman–Crippen MR) is 63.3 cm³/mol. The third-order valence-electron chi connectivity index (χ3n) is 2.37. The van der Waals surface area contributed by atoms with Gasteiger partial charge in [-0.15, -0.1) is 0 Å². The van der Waals surface area contributed by atoms with Crippen molar-refractivity contribution in [1.29, 1.82) is 0 Å². The van der Waals surface area contributed by atoms with Gasteiger partial charge in [-0.05, 0) is 30.7 Å². The monoisotopic (exact) mass is 230 g/mol. The number of hydrogen-bond donors (Lipinski definition) is 1. The maximum Gasteiger partial charge on any atom is 0.277 e. The number of nitrogens with zero attached hydrogens (tertiary/aromatic N) is 1. The van der Waals surface area contributed by atoms with Gasteiger partial charge in [0.2, 0.25) is 0 Å². The van der Waals surface area contributed by atoms with E-state index in [1.54, 1.807) is 12.1 Å². The summed E-state index contributed by atoms with van der Waals surface area (Å²) in [5.74, 6) is -1.17. The van der Waals surface area contributed by atoms with Crippen LogP contribution in [0.1, 0.15) is 16.1 Å². The first-order valence-electron chi connectivity index (χ1n) is 5.16. The highest BCUT2D eigenvalue weighted by atomic mass is 19.1. The Morgan fingerprint density at radius 3 is 2.71 bits per heavy atom. The van der Waals surface area contributed by atoms with Crippen LogP contribution >= 0.6 is 0 Å². The molecule has 0 spiro atoms. The molecule has 0 bridgehead atoms. The highest BCUT2D eigenvalue weighted by Gasteiger charge is 2.13. The van der Waals surface area contributed by atoms with Crippen LogP contribution in [0.25, 0.3) is 0 Å². The third-order valence-corrected chi connectivity index (χ3v) is 2.37. The number of benzene rings is 1. The first-order chi connectivity index (χ1) is 8.18. The number of carbonyl (C=O) groups is 1. The average molecular weight is 230 g/mol. The quantitative estimate of drug-likeness (QED) is 0.861. The topological polar surface area (TPSA) is 42.0 Å². The number of nitrogens with one attached hydrogen (secondary N) is 1. The number of carbonyl (C=O) groups excluding carboxylic acids is 1. The first-order valence-corrected chi connectivity index (χ1v) is 5.16. The smallest absolute Gasteiger partial charge is 0.277 e. The fourth-order valence-electron chi connectivity index (χ4n) is 1.45. The summed E-state index contributed by atoms with van der Waals surface area (Å²) in [7, 11) is 0. The standard InChI is InChI=1S/C13H11FN2O/c1-9-5-2-3-7-11(9)16-13(17)12-10(14)6-4-8-15-12/h2-8H,1H3,(H,16,17). The lowest BCUT2D eigenvalue weighted by Gasteiger charge is -2.07. The van der Waals surface area contributed by atoms with Crippen LogP contribution in [0, 0.1) is 12.7 Å². The van der Waals surface area contributed by atoms with Crippen molar-refractivity contribution in [2.75, 3.05) is 5.32 Å². The fraction of sp³-hybridized carbons (Fsp3) is 0.0769. The van der Waals surface area contributed by atoms with Crippen molar-refractivity contribution in [3.63, 3.8) is 0 Å². The molecule has 1 aromatic carbocycles. The second-order valence-corrected chi connectivity index (χ2v) is 3.60.